The number of benzene rings is 1. The molecule has 4 heteroatoms. The number of aryl methyl sites for hydroxylation is 1. The average molecular weight is 246 g/mol. The molecule has 18 heavy (non-hydrogen) atoms. The van der Waals surface area contributed by atoms with Gasteiger partial charge in [0.1, 0.15) is 5.75 Å². The number of hydrogen-bond acceptors (Lipinski definition) is 3. The lowest BCUT2D eigenvalue weighted by molar-refractivity contribution is -0.121. The molecule has 0 atom stereocenters. The minimum Gasteiger partial charge on any atom is -0.482 e. The van der Waals surface area contributed by atoms with E-state index in [0.29, 0.717) is 13.1 Å². The fourth-order valence-electron chi connectivity index (χ4n) is 1.94. The lowest BCUT2D eigenvalue weighted by Crippen LogP contribution is -2.42. The summed E-state index contributed by atoms with van der Waals surface area (Å²) in [5.74, 6) is 0.771. The first kappa shape index (κ1) is 12.5. The number of amides is 1. The Balaban J connectivity index is 2.16. The fraction of sp³-hybridized carbons (Fsp3) is 0.357. The van der Waals surface area contributed by atoms with Gasteiger partial charge in [0, 0.05) is 18.8 Å². The number of fused-ring (bicyclic) bond motifs is 1. The van der Waals surface area contributed by atoms with Crippen LogP contribution in [0, 0.1) is 6.92 Å². The molecular formula is C14H18N2O2. The molecule has 0 radical (unpaired) electrons. The maximum absolute atomic E-state index is 11.9. The third-order valence-corrected chi connectivity index (χ3v) is 2.82. The summed E-state index contributed by atoms with van der Waals surface area (Å²) < 4.78 is 5.42. The molecule has 1 aliphatic heterocycles. The van der Waals surface area contributed by atoms with Crippen LogP contribution < -0.4 is 15.0 Å². The molecule has 4 nitrogen and oxygen atoms in total. The van der Waals surface area contributed by atoms with Gasteiger partial charge in [-0.15, -0.1) is 0 Å². The summed E-state index contributed by atoms with van der Waals surface area (Å²) in [7, 11) is 0. The van der Waals surface area contributed by atoms with Crippen molar-refractivity contribution in [3.8, 4) is 5.75 Å². The van der Waals surface area contributed by atoms with Crippen LogP contribution in [0.5, 0.6) is 5.75 Å². The molecule has 0 unspecified atom stereocenters. The predicted molar refractivity (Wildman–Crippen MR) is 71.8 cm³/mol. The fourth-order valence-corrected chi connectivity index (χ4v) is 1.94. The highest BCUT2D eigenvalue weighted by Gasteiger charge is 2.24. The molecular weight excluding hydrogens is 228 g/mol. The van der Waals surface area contributed by atoms with Crippen LogP contribution in [-0.2, 0) is 4.79 Å². The SMILES string of the molecule is C=C(C)NCCN1C(=O)COc2ccc(C)cc21. The number of ether oxygens (including phenoxy) is 1. The number of rotatable bonds is 4. The van der Waals surface area contributed by atoms with E-state index in [1.54, 1.807) is 4.90 Å². The first-order valence-corrected chi connectivity index (χ1v) is 6.01. The van der Waals surface area contributed by atoms with Crippen molar-refractivity contribution in [1.29, 1.82) is 0 Å². The molecule has 1 amide bonds. The zero-order valence-corrected chi connectivity index (χ0v) is 10.8. The normalized spacial score (nSPS) is 13.9. The molecule has 0 spiro atoms. The van der Waals surface area contributed by atoms with Crippen molar-refractivity contribution in [1.82, 2.24) is 5.32 Å². The molecule has 1 N–H and O–H groups in total. The Morgan fingerprint density at radius 1 is 1.56 bits per heavy atom. The standard InChI is InChI=1S/C14H18N2O2/c1-10(2)15-6-7-16-12-8-11(3)4-5-13(12)18-9-14(16)17/h4-5,8,15H,1,6-7,9H2,2-3H3. The van der Waals surface area contributed by atoms with Gasteiger partial charge in [0.25, 0.3) is 5.91 Å². The van der Waals surface area contributed by atoms with E-state index in [4.69, 9.17) is 4.74 Å². The van der Waals surface area contributed by atoms with Crippen LogP contribution in [0.15, 0.2) is 30.5 Å². The lowest BCUT2D eigenvalue weighted by Gasteiger charge is -2.29. The topological polar surface area (TPSA) is 41.6 Å². The number of allylic oxidation sites excluding steroid dienone is 1. The van der Waals surface area contributed by atoms with Gasteiger partial charge in [0.05, 0.1) is 5.69 Å². The monoisotopic (exact) mass is 246 g/mol. The molecule has 0 fully saturated rings. The quantitative estimate of drug-likeness (QED) is 0.881. The van der Waals surface area contributed by atoms with Gasteiger partial charge >= 0.3 is 0 Å². The maximum Gasteiger partial charge on any atom is 0.265 e. The van der Waals surface area contributed by atoms with E-state index in [1.165, 1.54) is 0 Å². The average Bonchev–Trinajstić information content (AvgIpc) is 2.31. The summed E-state index contributed by atoms with van der Waals surface area (Å²) in [6.07, 6.45) is 0. The van der Waals surface area contributed by atoms with E-state index in [9.17, 15) is 4.79 Å². The molecule has 0 saturated heterocycles. The molecule has 0 bridgehead atoms. The predicted octanol–water partition coefficient (Wildman–Crippen LogP) is 1.84. The van der Waals surface area contributed by atoms with Gasteiger partial charge in [-0.1, -0.05) is 12.6 Å². The molecule has 2 rings (SSSR count). The van der Waals surface area contributed by atoms with Gasteiger partial charge in [-0.25, -0.2) is 0 Å². The molecule has 1 aromatic rings. The van der Waals surface area contributed by atoms with Crippen LogP contribution in [-0.4, -0.2) is 25.6 Å². The summed E-state index contributed by atoms with van der Waals surface area (Å²) in [6.45, 7) is 9.10. The number of anilines is 1. The molecule has 0 aromatic heterocycles. The van der Waals surface area contributed by atoms with Gasteiger partial charge in [-0.3, -0.25) is 4.79 Å². The molecule has 1 aliphatic rings. The Bertz CT molecular complexity index is 483. The molecule has 96 valence electrons. The Kier molecular flexibility index (Phi) is 3.55. The summed E-state index contributed by atoms with van der Waals surface area (Å²) >= 11 is 0. The first-order valence-electron chi connectivity index (χ1n) is 6.01. The molecule has 0 aliphatic carbocycles. The van der Waals surface area contributed by atoms with Crippen LogP contribution in [0.2, 0.25) is 0 Å². The molecule has 0 saturated carbocycles. The summed E-state index contributed by atoms with van der Waals surface area (Å²) in [6, 6.07) is 5.88. The van der Waals surface area contributed by atoms with E-state index >= 15 is 0 Å². The number of carbonyl (C=O) groups is 1. The van der Waals surface area contributed by atoms with Gasteiger partial charge in [0.15, 0.2) is 6.61 Å². The Labute approximate surface area is 107 Å². The largest absolute Gasteiger partial charge is 0.482 e. The van der Waals surface area contributed by atoms with Gasteiger partial charge in [0.2, 0.25) is 0 Å². The lowest BCUT2D eigenvalue weighted by atomic mass is 10.1. The third kappa shape index (κ3) is 2.64. The number of carbonyl (C=O) groups excluding carboxylic acids is 1. The van der Waals surface area contributed by atoms with Crippen LogP contribution in [0.25, 0.3) is 0 Å². The Hall–Kier alpha value is -1.97. The highest BCUT2D eigenvalue weighted by Crippen LogP contribution is 2.32. The summed E-state index contributed by atoms with van der Waals surface area (Å²) in [5, 5.41) is 3.13. The number of nitrogens with one attached hydrogen (secondary N) is 1. The van der Waals surface area contributed by atoms with Crippen LogP contribution in [0.1, 0.15) is 12.5 Å². The zero-order valence-electron chi connectivity index (χ0n) is 10.8. The second-order valence-electron chi connectivity index (χ2n) is 4.51. The zero-order chi connectivity index (χ0) is 13.1. The van der Waals surface area contributed by atoms with Gasteiger partial charge in [-0.05, 0) is 31.5 Å². The smallest absolute Gasteiger partial charge is 0.265 e. The van der Waals surface area contributed by atoms with Crippen LogP contribution >= 0.6 is 0 Å². The van der Waals surface area contributed by atoms with Crippen LogP contribution in [0.4, 0.5) is 5.69 Å². The van der Waals surface area contributed by atoms with Crippen molar-refractivity contribution >= 4 is 11.6 Å². The minimum absolute atomic E-state index is 0.00313. The number of hydrogen-bond donors (Lipinski definition) is 1. The first-order chi connectivity index (χ1) is 8.58. The van der Waals surface area contributed by atoms with E-state index in [0.717, 1.165) is 22.7 Å². The van der Waals surface area contributed by atoms with Gasteiger partial charge in [-0.2, -0.15) is 0 Å². The van der Waals surface area contributed by atoms with Crippen molar-refractivity contribution in [2.45, 2.75) is 13.8 Å². The highest BCUT2D eigenvalue weighted by atomic mass is 16.5. The highest BCUT2D eigenvalue weighted by molar-refractivity contribution is 5.97. The van der Waals surface area contributed by atoms with Crippen molar-refractivity contribution in [2.75, 3.05) is 24.6 Å². The minimum atomic E-state index is -0.00313. The van der Waals surface area contributed by atoms with Gasteiger partial charge < -0.3 is 15.0 Å². The van der Waals surface area contributed by atoms with Crippen molar-refractivity contribution in [3.63, 3.8) is 0 Å². The second-order valence-corrected chi connectivity index (χ2v) is 4.51. The van der Waals surface area contributed by atoms with E-state index in [-0.39, 0.29) is 12.5 Å². The molecule has 1 aromatic carbocycles. The van der Waals surface area contributed by atoms with Crippen LogP contribution in [0.3, 0.4) is 0 Å². The van der Waals surface area contributed by atoms with Crippen molar-refractivity contribution in [2.24, 2.45) is 0 Å². The summed E-state index contributed by atoms with van der Waals surface area (Å²) in [5.41, 5.74) is 2.87. The van der Waals surface area contributed by atoms with Crippen molar-refractivity contribution in [3.05, 3.63) is 36.0 Å². The Morgan fingerprint density at radius 3 is 3.06 bits per heavy atom. The van der Waals surface area contributed by atoms with Crippen molar-refractivity contribution < 1.29 is 9.53 Å². The van der Waals surface area contributed by atoms with E-state index in [2.05, 4.69) is 11.9 Å². The Morgan fingerprint density at radius 2 is 2.33 bits per heavy atom. The second kappa shape index (κ2) is 5.12. The molecule has 1 heterocycles. The third-order valence-electron chi connectivity index (χ3n) is 2.82. The number of nitrogens with zero attached hydrogens (tertiary/aromatic N) is 1. The maximum atomic E-state index is 11.9. The van der Waals surface area contributed by atoms with E-state index in [1.807, 2.05) is 32.0 Å². The van der Waals surface area contributed by atoms with E-state index < -0.39 is 0 Å². The summed E-state index contributed by atoms with van der Waals surface area (Å²) in [4.78, 5) is 13.7.